The van der Waals surface area contributed by atoms with E-state index in [2.05, 4.69) is 66.7 Å². The third-order valence-corrected chi connectivity index (χ3v) is 3.73. The minimum absolute atomic E-state index is 0.654. The van der Waals surface area contributed by atoms with E-state index in [4.69, 9.17) is 4.74 Å². The van der Waals surface area contributed by atoms with Gasteiger partial charge < -0.3 is 4.74 Å². The van der Waals surface area contributed by atoms with E-state index in [9.17, 15) is 0 Å². The summed E-state index contributed by atoms with van der Waals surface area (Å²) in [5, 5.41) is 2.43. The molecule has 0 N–H and O–H groups in total. The van der Waals surface area contributed by atoms with E-state index in [1.165, 1.54) is 21.9 Å². The van der Waals surface area contributed by atoms with E-state index in [0.29, 0.717) is 6.61 Å². The van der Waals surface area contributed by atoms with Gasteiger partial charge in [-0.25, -0.2) is 0 Å². The molecule has 0 saturated heterocycles. The van der Waals surface area contributed by atoms with Crippen LogP contribution in [0, 0.1) is 0 Å². The Morgan fingerprint density at radius 3 is 2.40 bits per heavy atom. The van der Waals surface area contributed by atoms with E-state index in [1.807, 2.05) is 6.07 Å². The Balaban J connectivity index is 2.10. The molecule has 96 valence electrons. The molecule has 0 amide bonds. The van der Waals surface area contributed by atoms with Gasteiger partial charge in [0.15, 0.2) is 0 Å². The van der Waals surface area contributed by atoms with Gasteiger partial charge in [0, 0.05) is 10.9 Å². The maximum Gasteiger partial charge on any atom is 0.134 e. The number of fused-ring (bicyclic) bond motifs is 3. The van der Waals surface area contributed by atoms with Gasteiger partial charge in [-0.2, -0.15) is 0 Å². The molecule has 1 nitrogen and oxygen atoms in total. The summed E-state index contributed by atoms with van der Waals surface area (Å²) in [4.78, 5) is 0. The second kappa shape index (κ2) is 4.53. The predicted molar refractivity (Wildman–Crippen MR) is 83.9 cm³/mol. The van der Waals surface area contributed by atoms with Crippen LogP contribution in [0.3, 0.4) is 0 Å². The summed E-state index contributed by atoms with van der Waals surface area (Å²) in [5.74, 6) is 1.00. The third-order valence-electron chi connectivity index (χ3n) is 3.73. The molecule has 1 aliphatic rings. The minimum Gasteiger partial charge on any atom is -0.488 e. The number of ether oxygens (including phenoxy) is 1. The van der Waals surface area contributed by atoms with Crippen molar-refractivity contribution in [2.75, 3.05) is 6.61 Å². The Morgan fingerprint density at radius 1 is 0.800 bits per heavy atom. The van der Waals surface area contributed by atoms with E-state index >= 15 is 0 Å². The van der Waals surface area contributed by atoms with Gasteiger partial charge >= 0.3 is 0 Å². The number of hydrogen-bond donors (Lipinski definition) is 0. The Kier molecular flexibility index (Phi) is 2.56. The summed E-state index contributed by atoms with van der Waals surface area (Å²) < 4.78 is 5.84. The molecule has 0 unspecified atom stereocenters. The van der Waals surface area contributed by atoms with E-state index in [-0.39, 0.29) is 0 Å². The Morgan fingerprint density at radius 2 is 1.55 bits per heavy atom. The lowest BCUT2D eigenvalue weighted by Gasteiger charge is -2.18. The van der Waals surface area contributed by atoms with Crippen molar-refractivity contribution < 1.29 is 4.74 Å². The summed E-state index contributed by atoms with van der Waals surface area (Å²) in [6.07, 6.45) is 4.21. The topological polar surface area (TPSA) is 9.23 Å². The van der Waals surface area contributed by atoms with Crippen LogP contribution in [0.5, 0.6) is 5.75 Å². The van der Waals surface area contributed by atoms with Crippen molar-refractivity contribution in [2.45, 2.75) is 0 Å². The average Bonchev–Trinajstić information content (AvgIpc) is 2.55. The van der Waals surface area contributed by atoms with Crippen LogP contribution in [0.25, 0.3) is 28.0 Å². The number of hydrogen-bond acceptors (Lipinski definition) is 1. The largest absolute Gasteiger partial charge is 0.488 e. The van der Waals surface area contributed by atoms with Crippen LogP contribution in [0.1, 0.15) is 5.56 Å². The van der Waals surface area contributed by atoms with Crippen LogP contribution in [-0.4, -0.2) is 6.61 Å². The Hall–Kier alpha value is -2.54. The molecule has 0 saturated carbocycles. The number of rotatable bonds is 1. The SMILES string of the molecule is C1=Cc2cc(-c3ccccc3)c3ccccc3c2OC1. The Bertz CT molecular complexity index is 801. The zero-order valence-electron chi connectivity index (χ0n) is 11.0. The maximum absolute atomic E-state index is 5.84. The fourth-order valence-electron chi connectivity index (χ4n) is 2.82. The second-order valence-corrected chi connectivity index (χ2v) is 4.97. The molecule has 1 aliphatic heterocycles. The first-order valence-corrected chi connectivity index (χ1v) is 6.84. The molecule has 3 aromatic carbocycles. The molecule has 0 aliphatic carbocycles. The van der Waals surface area contributed by atoms with Crippen LogP contribution in [0.15, 0.2) is 66.7 Å². The first-order chi connectivity index (χ1) is 9.93. The van der Waals surface area contributed by atoms with Crippen molar-refractivity contribution in [2.24, 2.45) is 0 Å². The van der Waals surface area contributed by atoms with Crippen LogP contribution in [-0.2, 0) is 0 Å². The highest BCUT2D eigenvalue weighted by atomic mass is 16.5. The zero-order chi connectivity index (χ0) is 13.4. The second-order valence-electron chi connectivity index (χ2n) is 4.97. The highest BCUT2D eigenvalue weighted by Crippen LogP contribution is 2.39. The van der Waals surface area contributed by atoms with Crippen LogP contribution >= 0.6 is 0 Å². The molecule has 1 heteroatoms. The van der Waals surface area contributed by atoms with Crippen molar-refractivity contribution in [3.63, 3.8) is 0 Å². The molecule has 0 fully saturated rings. The summed E-state index contributed by atoms with van der Waals surface area (Å²) >= 11 is 0. The monoisotopic (exact) mass is 258 g/mol. The van der Waals surface area contributed by atoms with Gasteiger partial charge in [-0.05, 0) is 28.7 Å². The standard InChI is InChI=1S/C19H14O/c1-2-7-14(8-3-1)18-13-15-9-6-12-20-19(15)17-11-5-4-10-16(17)18/h1-11,13H,12H2. The van der Waals surface area contributed by atoms with Gasteiger partial charge in [-0.15, -0.1) is 0 Å². The molecule has 0 radical (unpaired) electrons. The lowest BCUT2D eigenvalue weighted by molar-refractivity contribution is 0.363. The molecule has 1 heterocycles. The van der Waals surface area contributed by atoms with Crippen molar-refractivity contribution >= 4 is 16.8 Å². The van der Waals surface area contributed by atoms with Gasteiger partial charge in [0.05, 0.1) is 0 Å². The van der Waals surface area contributed by atoms with Gasteiger partial charge in [-0.3, -0.25) is 0 Å². The fraction of sp³-hybridized carbons (Fsp3) is 0.0526. The Labute approximate surface area is 118 Å². The summed E-state index contributed by atoms with van der Waals surface area (Å²) in [7, 11) is 0. The maximum atomic E-state index is 5.84. The number of benzene rings is 3. The van der Waals surface area contributed by atoms with Crippen LogP contribution in [0.2, 0.25) is 0 Å². The van der Waals surface area contributed by atoms with Gasteiger partial charge in [-0.1, -0.05) is 60.7 Å². The molecule has 3 aromatic rings. The first kappa shape index (κ1) is 11.3. The van der Waals surface area contributed by atoms with Crippen molar-refractivity contribution in [3.8, 4) is 16.9 Å². The molecule has 0 aromatic heterocycles. The summed E-state index contributed by atoms with van der Waals surface area (Å²) in [6.45, 7) is 0.654. The molecule has 20 heavy (non-hydrogen) atoms. The normalized spacial score (nSPS) is 13.0. The van der Waals surface area contributed by atoms with Crippen LogP contribution in [0.4, 0.5) is 0 Å². The fourth-order valence-corrected chi connectivity index (χ4v) is 2.82. The van der Waals surface area contributed by atoms with Crippen molar-refractivity contribution in [3.05, 3.63) is 72.3 Å². The first-order valence-electron chi connectivity index (χ1n) is 6.84. The third kappa shape index (κ3) is 1.71. The lowest BCUT2D eigenvalue weighted by Crippen LogP contribution is -2.01. The molecule has 0 bridgehead atoms. The van der Waals surface area contributed by atoms with E-state index in [0.717, 1.165) is 11.3 Å². The van der Waals surface area contributed by atoms with Gasteiger partial charge in [0.1, 0.15) is 12.4 Å². The minimum atomic E-state index is 0.654. The quantitative estimate of drug-likeness (QED) is 0.602. The van der Waals surface area contributed by atoms with E-state index in [1.54, 1.807) is 0 Å². The molecule has 4 rings (SSSR count). The lowest BCUT2D eigenvalue weighted by atomic mass is 9.94. The highest BCUT2D eigenvalue weighted by molar-refractivity contribution is 6.02. The van der Waals surface area contributed by atoms with Gasteiger partial charge in [0.2, 0.25) is 0 Å². The molecule has 0 atom stereocenters. The molecular weight excluding hydrogens is 244 g/mol. The smallest absolute Gasteiger partial charge is 0.134 e. The van der Waals surface area contributed by atoms with Crippen molar-refractivity contribution in [1.82, 2.24) is 0 Å². The van der Waals surface area contributed by atoms with E-state index < -0.39 is 0 Å². The summed E-state index contributed by atoms with van der Waals surface area (Å²) in [5.41, 5.74) is 3.66. The zero-order valence-corrected chi connectivity index (χ0v) is 11.0. The van der Waals surface area contributed by atoms with Gasteiger partial charge in [0.25, 0.3) is 0 Å². The van der Waals surface area contributed by atoms with Crippen molar-refractivity contribution in [1.29, 1.82) is 0 Å². The summed E-state index contributed by atoms with van der Waals surface area (Å²) in [6, 6.07) is 21.2. The highest BCUT2D eigenvalue weighted by Gasteiger charge is 2.14. The average molecular weight is 258 g/mol. The molecule has 0 spiro atoms. The molecular formula is C19H14O. The predicted octanol–water partition coefficient (Wildman–Crippen LogP) is 4.91. The van der Waals surface area contributed by atoms with Crippen LogP contribution < -0.4 is 4.74 Å².